The number of fused-ring (bicyclic) bond motifs is 1. The quantitative estimate of drug-likeness (QED) is 0.478. The van der Waals surface area contributed by atoms with Crippen LogP contribution in [0, 0.1) is 5.82 Å². The maximum absolute atomic E-state index is 12.9. The number of H-pyrrole nitrogens is 1. The number of ether oxygens (including phenoxy) is 1. The Kier molecular flexibility index (Phi) is 6.03. The van der Waals surface area contributed by atoms with Gasteiger partial charge in [0.05, 0.1) is 29.6 Å². The highest BCUT2D eigenvalue weighted by Crippen LogP contribution is 2.17. The van der Waals surface area contributed by atoms with Crippen LogP contribution in [-0.2, 0) is 24.4 Å². The molecule has 158 valence electrons. The van der Waals surface area contributed by atoms with Gasteiger partial charge in [-0.05, 0) is 36.4 Å². The molecule has 1 amide bonds. The summed E-state index contributed by atoms with van der Waals surface area (Å²) >= 11 is 1.39. The molecule has 2 aromatic heterocycles. The highest BCUT2D eigenvalue weighted by atomic mass is 32.1. The average Bonchev–Trinajstić information content (AvgIpc) is 3.20. The van der Waals surface area contributed by atoms with Gasteiger partial charge in [0.2, 0.25) is 5.91 Å². The second kappa shape index (κ2) is 9.05. The number of hydrogen-bond acceptors (Lipinski definition) is 6. The van der Waals surface area contributed by atoms with Gasteiger partial charge in [0.25, 0.3) is 5.56 Å². The number of nitrogens with zero attached hydrogens (tertiary/aromatic N) is 3. The first-order valence-corrected chi connectivity index (χ1v) is 10.4. The van der Waals surface area contributed by atoms with Gasteiger partial charge in [0.1, 0.15) is 29.0 Å². The van der Waals surface area contributed by atoms with Crippen molar-refractivity contribution in [2.75, 3.05) is 7.05 Å². The Bertz CT molecular complexity index is 1270. The summed E-state index contributed by atoms with van der Waals surface area (Å²) in [7, 11) is 1.66. The van der Waals surface area contributed by atoms with Crippen molar-refractivity contribution in [1.29, 1.82) is 0 Å². The zero-order valence-electron chi connectivity index (χ0n) is 16.7. The molecule has 0 unspecified atom stereocenters. The SMILES string of the molecule is CN(Cc1nc2ccccc2c(=O)[nH]1)C(=O)Cc1csc(COc2ccc(F)cc2)n1. The first-order chi connectivity index (χ1) is 15.0. The van der Waals surface area contributed by atoms with Crippen LogP contribution in [0.25, 0.3) is 10.9 Å². The van der Waals surface area contributed by atoms with Crippen LogP contribution in [-0.4, -0.2) is 32.8 Å². The van der Waals surface area contributed by atoms with E-state index in [1.165, 1.54) is 28.4 Å². The van der Waals surface area contributed by atoms with E-state index in [1.54, 1.807) is 37.4 Å². The summed E-state index contributed by atoms with van der Waals surface area (Å²) in [5, 5.41) is 3.04. The van der Waals surface area contributed by atoms with Gasteiger partial charge in [0.15, 0.2) is 0 Å². The van der Waals surface area contributed by atoms with E-state index in [1.807, 2.05) is 11.4 Å². The van der Waals surface area contributed by atoms with Gasteiger partial charge < -0.3 is 14.6 Å². The summed E-state index contributed by atoms with van der Waals surface area (Å²) in [6.07, 6.45) is 0.126. The number of aromatic nitrogens is 3. The van der Waals surface area contributed by atoms with Crippen molar-refractivity contribution >= 4 is 28.1 Å². The molecular formula is C22H19FN4O3S. The topological polar surface area (TPSA) is 88.2 Å². The molecule has 1 N–H and O–H groups in total. The number of carbonyl (C=O) groups excluding carboxylic acids is 1. The molecule has 0 aliphatic carbocycles. The van der Waals surface area contributed by atoms with Crippen molar-refractivity contribution in [3.63, 3.8) is 0 Å². The number of hydrogen-bond donors (Lipinski definition) is 1. The monoisotopic (exact) mass is 438 g/mol. The summed E-state index contributed by atoms with van der Waals surface area (Å²) in [6, 6.07) is 12.8. The van der Waals surface area contributed by atoms with Crippen molar-refractivity contribution in [2.24, 2.45) is 0 Å². The molecule has 4 rings (SSSR count). The van der Waals surface area contributed by atoms with E-state index in [0.717, 1.165) is 5.01 Å². The highest BCUT2D eigenvalue weighted by molar-refractivity contribution is 7.09. The van der Waals surface area contributed by atoms with E-state index in [9.17, 15) is 14.0 Å². The van der Waals surface area contributed by atoms with Crippen molar-refractivity contribution < 1.29 is 13.9 Å². The molecule has 0 radical (unpaired) electrons. The third-order valence-electron chi connectivity index (χ3n) is 4.58. The molecular weight excluding hydrogens is 419 g/mol. The minimum atomic E-state index is -0.325. The van der Waals surface area contributed by atoms with E-state index in [4.69, 9.17) is 4.74 Å². The zero-order chi connectivity index (χ0) is 21.8. The summed E-state index contributed by atoms with van der Waals surface area (Å²) in [5.74, 6) is 0.499. The van der Waals surface area contributed by atoms with Gasteiger partial charge in [-0.1, -0.05) is 12.1 Å². The van der Waals surface area contributed by atoms with Gasteiger partial charge >= 0.3 is 0 Å². The maximum atomic E-state index is 12.9. The number of halogens is 1. The number of rotatable bonds is 7. The van der Waals surface area contributed by atoms with Gasteiger partial charge in [0, 0.05) is 12.4 Å². The van der Waals surface area contributed by atoms with Crippen molar-refractivity contribution in [2.45, 2.75) is 19.6 Å². The smallest absolute Gasteiger partial charge is 0.258 e. The Morgan fingerprint density at radius 1 is 1.16 bits per heavy atom. The standard InChI is InChI=1S/C22H19FN4O3S/c1-27(11-19-25-18-5-3-2-4-17(18)22(29)26-19)21(28)10-15-13-31-20(24-15)12-30-16-8-6-14(23)7-9-16/h2-9,13H,10-12H2,1H3,(H,25,26,29). The average molecular weight is 438 g/mol. The lowest BCUT2D eigenvalue weighted by atomic mass is 10.2. The zero-order valence-corrected chi connectivity index (χ0v) is 17.5. The molecule has 2 aromatic carbocycles. The highest BCUT2D eigenvalue weighted by Gasteiger charge is 2.14. The molecule has 7 nitrogen and oxygen atoms in total. The molecule has 0 spiro atoms. The Morgan fingerprint density at radius 2 is 1.94 bits per heavy atom. The van der Waals surface area contributed by atoms with Crippen LogP contribution >= 0.6 is 11.3 Å². The van der Waals surface area contributed by atoms with Crippen LogP contribution in [0.3, 0.4) is 0 Å². The van der Waals surface area contributed by atoms with E-state index in [2.05, 4.69) is 15.0 Å². The van der Waals surface area contributed by atoms with E-state index in [0.29, 0.717) is 28.2 Å². The summed E-state index contributed by atoms with van der Waals surface area (Å²) in [5.41, 5.74) is 0.999. The maximum Gasteiger partial charge on any atom is 0.258 e. The fraction of sp³-hybridized carbons (Fsp3) is 0.182. The number of benzene rings is 2. The van der Waals surface area contributed by atoms with Crippen molar-refractivity contribution in [3.05, 3.63) is 86.6 Å². The number of para-hydroxylation sites is 1. The normalized spacial score (nSPS) is 10.9. The Morgan fingerprint density at radius 3 is 2.74 bits per heavy atom. The minimum absolute atomic E-state index is 0.126. The number of aromatic amines is 1. The summed E-state index contributed by atoms with van der Waals surface area (Å²) < 4.78 is 18.5. The van der Waals surface area contributed by atoms with Crippen LogP contribution in [0.1, 0.15) is 16.5 Å². The number of carbonyl (C=O) groups is 1. The predicted molar refractivity (Wildman–Crippen MR) is 115 cm³/mol. The van der Waals surface area contributed by atoms with Crippen LogP contribution in [0.4, 0.5) is 4.39 Å². The fourth-order valence-electron chi connectivity index (χ4n) is 2.98. The van der Waals surface area contributed by atoms with Crippen molar-refractivity contribution in [1.82, 2.24) is 19.9 Å². The Balaban J connectivity index is 1.35. The second-order valence-electron chi connectivity index (χ2n) is 6.93. The molecule has 0 bridgehead atoms. The second-order valence-corrected chi connectivity index (χ2v) is 7.87. The van der Waals surface area contributed by atoms with Crippen LogP contribution in [0.2, 0.25) is 0 Å². The Labute approximate surface area is 181 Å². The third-order valence-corrected chi connectivity index (χ3v) is 5.45. The van der Waals surface area contributed by atoms with Gasteiger partial charge in [-0.15, -0.1) is 11.3 Å². The first-order valence-electron chi connectivity index (χ1n) is 9.51. The molecule has 2 heterocycles. The number of thiazole rings is 1. The molecule has 0 aliphatic heterocycles. The molecule has 4 aromatic rings. The van der Waals surface area contributed by atoms with Crippen LogP contribution < -0.4 is 10.3 Å². The largest absolute Gasteiger partial charge is 0.486 e. The predicted octanol–water partition coefficient (Wildman–Crippen LogP) is 3.30. The third kappa shape index (κ3) is 5.13. The van der Waals surface area contributed by atoms with Crippen LogP contribution in [0.15, 0.2) is 58.7 Å². The lowest BCUT2D eigenvalue weighted by Gasteiger charge is -2.16. The molecule has 0 saturated carbocycles. The minimum Gasteiger partial charge on any atom is -0.486 e. The lowest BCUT2D eigenvalue weighted by molar-refractivity contribution is -0.129. The first kappa shape index (κ1) is 20.7. The number of likely N-dealkylation sites (N-methyl/N-ethyl adjacent to an activating group) is 1. The van der Waals surface area contributed by atoms with E-state index in [-0.39, 0.29) is 36.9 Å². The van der Waals surface area contributed by atoms with Gasteiger partial charge in [-0.25, -0.2) is 14.4 Å². The molecule has 0 atom stereocenters. The summed E-state index contributed by atoms with van der Waals surface area (Å²) in [4.78, 5) is 37.9. The fourth-order valence-corrected chi connectivity index (χ4v) is 3.69. The van der Waals surface area contributed by atoms with Crippen LogP contribution in [0.5, 0.6) is 5.75 Å². The lowest BCUT2D eigenvalue weighted by Crippen LogP contribution is -2.29. The van der Waals surface area contributed by atoms with E-state index >= 15 is 0 Å². The van der Waals surface area contributed by atoms with Gasteiger partial charge in [-0.3, -0.25) is 9.59 Å². The number of amides is 1. The molecule has 0 aliphatic rings. The Hall–Kier alpha value is -3.59. The van der Waals surface area contributed by atoms with Gasteiger partial charge in [-0.2, -0.15) is 0 Å². The molecule has 0 fully saturated rings. The molecule has 0 saturated heterocycles. The number of nitrogens with one attached hydrogen (secondary N) is 1. The van der Waals surface area contributed by atoms with Crippen molar-refractivity contribution in [3.8, 4) is 5.75 Å². The summed E-state index contributed by atoms with van der Waals surface area (Å²) in [6.45, 7) is 0.423. The molecule has 31 heavy (non-hydrogen) atoms. The van der Waals surface area contributed by atoms with E-state index < -0.39 is 0 Å². The molecule has 9 heteroatoms.